The van der Waals surface area contributed by atoms with Crippen molar-refractivity contribution in [3.8, 4) is 0 Å². The molecule has 4 nitrogen and oxygen atoms in total. The van der Waals surface area contributed by atoms with Crippen LogP contribution in [0.5, 0.6) is 0 Å². The van der Waals surface area contributed by atoms with E-state index in [4.69, 9.17) is 0 Å². The van der Waals surface area contributed by atoms with E-state index in [1.54, 1.807) is 42.5 Å². The molecule has 0 fully saturated rings. The molecule has 2 heterocycles. The zero-order valence-electron chi connectivity index (χ0n) is 16.1. The number of anilines is 2. The van der Waals surface area contributed by atoms with Gasteiger partial charge in [0.25, 0.3) is 11.8 Å². The average Bonchev–Trinajstić information content (AvgIpc) is 3.07. The van der Waals surface area contributed by atoms with Crippen LogP contribution in [0.2, 0.25) is 0 Å². The van der Waals surface area contributed by atoms with Crippen LogP contribution in [-0.4, -0.2) is 18.4 Å². The van der Waals surface area contributed by atoms with Gasteiger partial charge in [-0.05, 0) is 85.7 Å². The van der Waals surface area contributed by atoms with Crippen LogP contribution in [0.25, 0.3) is 0 Å². The molecule has 1 aliphatic heterocycles. The highest BCUT2D eigenvalue weighted by Crippen LogP contribution is 2.32. The number of carbonyl (C=O) groups is 2. The Morgan fingerprint density at radius 2 is 1.86 bits per heavy atom. The van der Waals surface area contributed by atoms with Crippen LogP contribution in [0, 0.1) is 12.7 Å². The number of amides is 2. The molecular weight excluding hydrogens is 387 g/mol. The maximum Gasteiger partial charge on any atom is 0.258 e. The van der Waals surface area contributed by atoms with Gasteiger partial charge in [0.1, 0.15) is 5.82 Å². The Kier molecular flexibility index (Phi) is 5.45. The molecule has 0 saturated carbocycles. The monoisotopic (exact) mass is 408 g/mol. The van der Waals surface area contributed by atoms with Crippen molar-refractivity contribution in [1.82, 2.24) is 0 Å². The lowest BCUT2D eigenvalue weighted by molar-refractivity contribution is 0.0985. The van der Waals surface area contributed by atoms with Gasteiger partial charge in [0.05, 0.1) is 5.69 Å². The minimum absolute atomic E-state index is 0.0289. The summed E-state index contributed by atoms with van der Waals surface area (Å²) in [4.78, 5) is 28.6. The summed E-state index contributed by atoms with van der Waals surface area (Å²) < 4.78 is 13.2. The Bertz CT molecular complexity index is 1060. The van der Waals surface area contributed by atoms with Crippen LogP contribution in [0.4, 0.5) is 15.8 Å². The van der Waals surface area contributed by atoms with Crippen molar-refractivity contribution in [2.75, 3.05) is 16.8 Å². The molecule has 0 radical (unpaired) electrons. The van der Waals surface area contributed by atoms with E-state index in [0.717, 1.165) is 24.9 Å². The minimum atomic E-state index is -0.371. The van der Waals surface area contributed by atoms with Gasteiger partial charge in [-0.2, -0.15) is 0 Å². The maximum absolute atomic E-state index is 13.2. The normalized spacial score (nSPS) is 13.5. The first-order valence-corrected chi connectivity index (χ1v) is 10.5. The molecule has 0 unspecified atom stereocenters. The summed E-state index contributed by atoms with van der Waals surface area (Å²) in [6.45, 7) is 2.41. The lowest BCUT2D eigenvalue weighted by Crippen LogP contribution is -2.31. The quantitative estimate of drug-likeness (QED) is 0.628. The van der Waals surface area contributed by atoms with Crippen LogP contribution in [0.1, 0.15) is 44.0 Å². The SMILES string of the molecule is Cc1cc(F)ccc1C(=O)Nc1ccc(C(=O)N2CCCCc3sccc32)cc1. The average molecular weight is 408 g/mol. The number of carbonyl (C=O) groups excluding carboxylic acids is 2. The molecule has 0 bridgehead atoms. The van der Waals surface area contributed by atoms with E-state index in [0.29, 0.717) is 28.9 Å². The van der Waals surface area contributed by atoms with E-state index >= 15 is 0 Å². The number of hydrogen-bond donors (Lipinski definition) is 1. The fourth-order valence-corrected chi connectivity index (χ4v) is 4.50. The highest BCUT2D eigenvalue weighted by atomic mass is 32.1. The summed E-state index contributed by atoms with van der Waals surface area (Å²) in [7, 11) is 0. The summed E-state index contributed by atoms with van der Waals surface area (Å²) in [5.74, 6) is -0.708. The number of aryl methyl sites for hydroxylation is 2. The molecule has 1 aliphatic rings. The molecule has 29 heavy (non-hydrogen) atoms. The highest BCUT2D eigenvalue weighted by molar-refractivity contribution is 7.10. The standard InChI is InChI=1S/C23H21FN2O2S/c1-15-14-17(24)7-10-19(15)22(27)25-18-8-5-16(6-9-18)23(28)26-12-3-2-4-21-20(26)11-13-29-21/h5-11,13-14H,2-4,12H2,1H3,(H,25,27). The van der Waals surface area contributed by atoms with Crippen molar-refractivity contribution in [3.05, 3.63) is 81.3 Å². The molecule has 1 aromatic heterocycles. The van der Waals surface area contributed by atoms with Gasteiger partial charge in [-0.25, -0.2) is 4.39 Å². The van der Waals surface area contributed by atoms with E-state index in [2.05, 4.69) is 5.32 Å². The van der Waals surface area contributed by atoms with Crippen molar-refractivity contribution in [3.63, 3.8) is 0 Å². The van der Waals surface area contributed by atoms with Gasteiger partial charge in [0.2, 0.25) is 0 Å². The van der Waals surface area contributed by atoms with Crippen molar-refractivity contribution in [1.29, 1.82) is 0 Å². The molecule has 6 heteroatoms. The predicted molar refractivity (Wildman–Crippen MR) is 114 cm³/mol. The summed E-state index contributed by atoms with van der Waals surface area (Å²) in [6.07, 6.45) is 3.09. The Balaban J connectivity index is 1.49. The predicted octanol–water partition coefficient (Wildman–Crippen LogP) is 5.43. The topological polar surface area (TPSA) is 49.4 Å². The Morgan fingerprint density at radius 3 is 2.62 bits per heavy atom. The smallest absolute Gasteiger partial charge is 0.258 e. The Labute approximate surface area is 173 Å². The molecule has 148 valence electrons. The zero-order valence-corrected chi connectivity index (χ0v) is 16.9. The first kappa shape index (κ1) is 19.3. The second kappa shape index (κ2) is 8.17. The molecule has 0 saturated heterocycles. The lowest BCUT2D eigenvalue weighted by atomic mass is 10.1. The van der Waals surface area contributed by atoms with Crippen molar-refractivity contribution in [2.24, 2.45) is 0 Å². The molecule has 2 aromatic carbocycles. The van der Waals surface area contributed by atoms with E-state index in [9.17, 15) is 14.0 Å². The number of hydrogen-bond acceptors (Lipinski definition) is 3. The minimum Gasteiger partial charge on any atom is -0.322 e. The fourth-order valence-electron chi connectivity index (χ4n) is 3.58. The van der Waals surface area contributed by atoms with E-state index < -0.39 is 0 Å². The maximum atomic E-state index is 13.2. The van der Waals surface area contributed by atoms with E-state index in [-0.39, 0.29) is 17.6 Å². The molecule has 1 N–H and O–H groups in total. The molecule has 0 aliphatic carbocycles. The highest BCUT2D eigenvalue weighted by Gasteiger charge is 2.23. The van der Waals surface area contributed by atoms with Crippen molar-refractivity contribution in [2.45, 2.75) is 26.2 Å². The van der Waals surface area contributed by atoms with Gasteiger partial charge >= 0.3 is 0 Å². The van der Waals surface area contributed by atoms with Crippen LogP contribution in [-0.2, 0) is 6.42 Å². The third-order valence-electron chi connectivity index (χ3n) is 5.12. The molecule has 0 atom stereocenters. The van der Waals surface area contributed by atoms with Crippen LogP contribution < -0.4 is 10.2 Å². The number of nitrogens with zero attached hydrogens (tertiary/aromatic N) is 1. The second-order valence-electron chi connectivity index (χ2n) is 7.13. The zero-order chi connectivity index (χ0) is 20.4. The number of fused-ring (bicyclic) bond motifs is 1. The third-order valence-corrected chi connectivity index (χ3v) is 6.09. The van der Waals surface area contributed by atoms with Crippen molar-refractivity contribution >= 4 is 34.5 Å². The third kappa shape index (κ3) is 4.07. The molecule has 2 amide bonds. The molecule has 3 aromatic rings. The van der Waals surface area contributed by atoms with Crippen LogP contribution in [0.15, 0.2) is 53.9 Å². The number of benzene rings is 2. The van der Waals surface area contributed by atoms with E-state index in [1.165, 1.54) is 23.1 Å². The van der Waals surface area contributed by atoms with Crippen LogP contribution in [0.3, 0.4) is 0 Å². The number of nitrogens with one attached hydrogen (secondary N) is 1. The fraction of sp³-hybridized carbons (Fsp3) is 0.217. The van der Waals surface area contributed by atoms with Gasteiger partial charge in [-0.3, -0.25) is 9.59 Å². The van der Waals surface area contributed by atoms with E-state index in [1.807, 2.05) is 16.3 Å². The van der Waals surface area contributed by atoms with Gasteiger partial charge in [-0.15, -0.1) is 11.3 Å². The number of halogens is 1. The molecular formula is C23H21FN2O2S. The van der Waals surface area contributed by atoms with Crippen molar-refractivity contribution < 1.29 is 14.0 Å². The van der Waals surface area contributed by atoms with Gasteiger partial charge in [0, 0.05) is 28.2 Å². The summed E-state index contributed by atoms with van der Waals surface area (Å²) in [5.41, 5.74) is 3.17. The van der Waals surface area contributed by atoms with Gasteiger partial charge < -0.3 is 10.2 Å². The summed E-state index contributed by atoms with van der Waals surface area (Å²) in [5, 5.41) is 4.84. The molecule has 0 spiro atoms. The first-order chi connectivity index (χ1) is 14.0. The number of rotatable bonds is 3. The molecule has 4 rings (SSSR count). The van der Waals surface area contributed by atoms with Crippen LogP contribution >= 0.6 is 11.3 Å². The first-order valence-electron chi connectivity index (χ1n) is 9.59. The van der Waals surface area contributed by atoms with Gasteiger partial charge in [0.15, 0.2) is 0 Å². The largest absolute Gasteiger partial charge is 0.322 e. The number of thiophene rings is 1. The lowest BCUT2D eigenvalue weighted by Gasteiger charge is -2.21. The summed E-state index contributed by atoms with van der Waals surface area (Å²) in [6, 6.07) is 13.0. The summed E-state index contributed by atoms with van der Waals surface area (Å²) >= 11 is 1.70. The second-order valence-corrected chi connectivity index (χ2v) is 8.13. The van der Waals surface area contributed by atoms with Gasteiger partial charge in [-0.1, -0.05) is 0 Å². The Morgan fingerprint density at radius 1 is 1.07 bits per heavy atom. The Hall–Kier alpha value is -2.99.